The molecule has 0 atom stereocenters. The molecule has 0 spiro atoms. The predicted octanol–water partition coefficient (Wildman–Crippen LogP) is 7.18. The average Bonchev–Trinajstić information content (AvgIpc) is 2.84. The molecule has 0 unspecified atom stereocenters. The molecule has 6 nitrogen and oxygen atoms in total. The van der Waals surface area contributed by atoms with Crippen molar-refractivity contribution >= 4 is 16.4 Å². The number of carbonyl (C=O) groups excluding carboxylic acids is 1. The SMILES string of the molecule is CCCCCCCCCCCCCCCCCC(=O)OCCCCCCCCCCCC.O=S(=O)(O)O.[H-].[Na+]. The summed E-state index contributed by atoms with van der Waals surface area (Å²) in [4.78, 5) is 11.8. The minimum Gasteiger partial charge on any atom is -1.00 e. The van der Waals surface area contributed by atoms with Crippen molar-refractivity contribution in [3.8, 4) is 0 Å². The van der Waals surface area contributed by atoms with Crippen molar-refractivity contribution in [1.29, 1.82) is 0 Å². The second kappa shape index (κ2) is 35.4. The van der Waals surface area contributed by atoms with Crippen molar-refractivity contribution in [2.24, 2.45) is 0 Å². The predicted molar refractivity (Wildman–Crippen MR) is 158 cm³/mol. The van der Waals surface area contributed by atoms with Gasteiger partial charge in [0.2, 0.25) is 0 Å². The van der Waals surface area contributed by atoms with Gasteiger partial charge in [-0.05, 0) is 12.8 Å². The van der Waals surface area contributed by atoms with Gasteiger partial charge in [0.05, 0.1) is 6.61 Å². The molecule has 0 aliphatic rings. The molecule has 0 aromatic carbocycles. The fourth-order valence-corrected chi connectivity index (χ4v) is 4.49. The van der Waals surface area contributed by atoms with Gasteiger partial charge in [-0.25, -0.2) is 0 Å². The first kappa shape index (κ1) is 42.8. The monoisotopic (exact) mass is 574 g/mol. The van der Waals surface area contributed by atoms with E-state index in [4.69, 9.17) is 22.3 Å². The van der Waals surface area contributed by atoms with Gasteiger partial charge in [-0.2, -0.15) is 8.42 Å². The number of carbonyl (C=O) groups is 1. The molecule has 0 aromatic heterocycles. The maximum atomic E-state index is 11.8. The minimum absolute atomic E-state index is 0. The first-order valence-corrected chi connectivity index (χ1v) is 17.1. The minimum atomic E-state index is -4.67. The molecular formula is C30H63NaO6S. The summed E-state index contributed by atoms with van der Waals surface area (Å²) in [5, 5.41) is 0. The van der Waals surface area contributed by atoms with E-state index in [1.165, 1.54) is 148 Å². The Balaban J connectivity index is -0.000000796. The molecule has 2 N–H and O–H groups in total. The third kappa shape index (κ3) is 49.3. The van der Waals surface area contributed by atoms with Crippen LogP contribution in [0, 0.1) is 0 Å². The van der Waals surface area contributed by atoms with E-state index >= 15 is 0 Å². The molecule has 0 radical (unpaired) electrons. The maximum absolute atomic E-state index is 11.8. The molecule has 0 heterocycles. The van der Waals surface area contributed by atoms with E-state index in [-0.39, 0.29) is 37.0 Å². The van der Waals surface area contributed by atoms with E-state index in [9.17, 15) is 4.79 Å². The number of ether oxygens (including phenoxy) is 1. The average molecular weight is 575 g/mol. The van der Waals surface area contributed by atoms with Crippen LogP contribution in [0.25, 0.3) is 0 Å². The van der Waals surface area contributed by atoms with Crippen LogP contribution in [0.5, 0.6) is 0 Å². The Kier molecular flexibility index (Phi) is 39.8. The molecule has 0 fully saturated rings. The quantitative estimate of drug-likeness (QED) is 0.0467. The zero-order chi connectivity index (χ0) is 27.9. The number of unbranched alkanes of at least 4 members (excludes halogenated alkanes) is 23. The topological polar surface area (TPSA) is 101 Å². The van der Waals surface area contributed by atoms with Crippen LogP contribution in [0.15, 0.2) is 0 Å². The van der Waals surface area contributed by atoms with E-state index in [1.807, 2.05) is 0 Å². The number of rotatable bonds is 27. The molecular weight excluding hydrogens is 511 g/mol. The van der Waals surface area contributed by atoms with Crippen molar-refractivity contribution < 1.29 is 58.0 Å². The van der Waals surface area contributed by atoms with Gasteiger partial charge in [-0.15, -0.1) is 0 Å². The van der Waals surface area contributed by atoms with Crippen molar-refractivity contribution in [1.82, 2.24) is 0 Å². The molecule has 226 valence electrons. The van der Waals surface area contributed by atoms with E-state index < -0.39 is 10.4 Å². The van der Waals surface area contributed by atoms with Gasteiger partial charge in [0, 0.05) is 6.42 Å². The van der Waals surface area contributed by atoms with Gasteiger partial charge in [-0.1, -0.05) is 162 Å². The number of esters is 1. The molecule has 0 saturated heterocycles. The van der Waals surface area contributed by atoms with Crippen LogP contribution in [-0.4, -0.2) is 30.1 Å². The molecule has 0 aromatic rings. The second-order valence-electron chi connectivity index (χ2n) is 10.6. The Labute approximate surface area is 260 Å². The second-order valence-corrected chi connectivity index (χ2v) is 11.4. The standard InChI is InChI=1S/C30H60O2.Na.H2O4S.H/c1-3-5-7-9-11-13-15-16-17-18-19-20-22-24-26-28-30(31)32-29-27-25-23-21-14-12-10-8-6-4-2;;1-5(2,3)4;/h3-29H2,1-2H3;;(H2,1,2,3,4);/q;+1;;-1. The van der Waals surface area contributed by atoms with Crippen LogP contribution < -0.4 is 29.6 Å². The van der Waals surface area contributed by atoms with Crippen molar-refractivity contribution in [2.75, 3.05) is 6.61 Å². The number of hydrogen-bond donors (Lipinski definition) is 2. The Hall–Kier alpha value is 0.340. The summed E-state index contributed by atoms with van der Waals surface area (Å²) in [6, 6.07) is 0. The van der Waals surface area contributed by atoms with Crippen LogP contribution in [0.1, 0.15) is 182 Å². The van der Waals surface area contributed by atoms with E-state index in [1.54, 1.807) is 0 Å². The molecule has 0 bridgehead atoms. The van der Waals surface area contributed by atoms with Crippen molar-refractivity contribution in [3.63, 3.8) is 0 Å². The zero-order valence-corrected chi connectivity index (χ0v) is 28.3. The smallest absolute Gasteiger partial charge is 1.00 e. The fraction of sp³-hybridized carbons (Fsp3) is 0.967. The van der Waals surface area contributed by atoms with Crippen LogP contribution in [0.4, 0.5) is 0 Å². The van der Waals surface area contributed by atoms with Crippen LogP contribution in [0.2, 0.25) is 0 Å². The van der Waals surface area contributed by atoms with Gasteiger partial charge in [0.15, 0.2) is 0 Å². The molecule has 0 aliphatic heterocycles. The summed E-state index contributed by atoms with van der Waals surface area (Å²) in [5.74, 6) is 0.0237. The van der Waals surface area contributed by atoms with Crippen molar-refractivity contribution in [2.45, 2.75) is 181 Å². The molecule has 0 amide bonds. The zero-order valence-electron chi connectivity index (χ0n) is 26.5. The van der Waals surface area contributed by atoms with E-state index in [2.05, 4.69) is 13.8 Å². The molecule has 0 rings (SSSR count). The largest absolute Gasteiger partial charge is 1.00 e. The summed E-state index contributed by atoms with van der Waals surface area (Å²) >= 11 is 0. The van der Waals surface area contributed by atoms with Crippen molar-refractivity contribution in [3.05, 3.63) is 0 Å². The summed E-state index contributed by atoms with van der Waals surface area (Å²) in [6.07, 6.45) is 34.2. The van der Waals surface area contributed by atoms with Gasteiger partial charge >= 0.3 is 45.9 Å². The van der Waals surface area contributed by atoms with E-state index in [0.29, 0.717) is 13.0 Å². The third-order valence-electron chi connectivity index (χ3n) is 6.75. The maximum Gasteiger partial charge on any atom is 1.00 e. The van der Waals surface area contributed by atoms with Gasteiger partial charge in [-0.3, -0.25) is 13.9 Å². The summed E-state index contributed by atoms with van der Waals surface area (Å²) in [6.45, 7) is 5.19. The van der Waals surface area contributed by atoms with Gasteiger partial charge < -0.3 is 6.16 Å². The van der Waals surface area contributed by atoms with Crippen LogP contribution in [0.3, 0.4) is 0 Å². The van der Waals surface area contributed by atoms with E-state index in [0.717, 1.165) is 12.8 Å². The molecule has 0 saturated carbocycles. The molecule has 0 aliphatic carbocycles. The Morgan fingerprint density at radius 2 is 0.763 bits per heavy atom. The summed E-state index contributed by atoms with van der Waals surface area (Å²) in [5.41, 5.74) is 0. The third-order valence-corrected chi connectivity index (χ3v) is 6.75. The molecule has 8 heteroatoms. The Morgan fingerprint density at radius 3 is 1.05 bits per heavy atom. The first-order chi connectivity index (χ1) is 17.8. The van der Waals surface area contributed by atoms with Gasteiger partial charge in [0.25, 0.3) is 0 Å². The number of hydrogen-bond acceptors (Lipinski definition) is 4. The fourth-order valence-electron chi connectivity index (χ4n) is 4.49. The van der Waals surface area contributed by atoms with Gasteiger partial charge in [0.1, 0.15) is 0 Å². The van der Waals surface area contributed by atoms with Crippen LogP contribution >= 0.6 is 0 Å². The first-order valence-electron chi connectivity index (χ1n) is 15.7. The Bertz CT molecular complexity index is 556. The molecule has 38 heavy (non-hydrogen) atoms. The van der Waals surface area contributed by atoms with Crippen LogP contribution in [-0.2, 0) is 19.9 Å². The summed E-state index contributed by atoms with van der Waals surface area (Å²) in [7, 11) is -4.67. The Morgan fingerprint density at radius 1 is 0.526 bits per heavy atom. The normalized spacial score (nSPS) is 10.9. The summed E-state index contributed by atoms with van der Waals surface area (Å²) < 4.78 is 37.0.